The van der Waals surface area contributed by atoms with Gasteiger partial charge in [-0.15, -0.1) is 5.10 Å². The van der Waals surface area contributed by atoms with Crippen molar-refractivity contribution in [3.05, 3.63) is 53.2 Å². The number of hydrogen-bond acceptors (Lipinski definition) is 4. The molecule has 1 atom stereocenters. The second-order valence-corrected chi connectivity index (χ2v) is 4.56. The molecule has 112 valence electrons. The average molecular weight is 293 g/mol. The summed E-state index contributed by atoms with van der Waals surface area (Å²) in [7, 11) is 1.52. The third-order valence-electron chi connectivity index (χ3n) is 3.10. The Labute approximate surface area is 122 Å². The van der Waals surface area contributed by atoms with Crippen LogP contribution in [0.15, 0.2) is 30.3 Å². The van der Waals surface area contributed by atoms with E-state index in [0.717, 1.165) is 18.3 Å². The minimum atomic E-state index is -0.844. The molecule has 1 aromatic heterocycles. The van der Waals surface area contributed by atoms with Gasteiger partial charge in [0, 0.05) is 6.07 Å². The molecule has 2 aromatic rings. The summed E-state index contributed by atoms with van der Waals surface area (Å²) in [6, 6.07) is 7.30. The molecule has 0 spiro atoms. The molecule has 6 heteroatoms. The minimum Gasteiger partial charge on any atom is -0.480 e. The summed E-state index contributed by atoms with van der Waals surface area (Å²) in [5.41, 5.74) is 1.42. The number of hydrogen-bond donors (Lipinski definition) is 1. The number of halogens is 2. The van der Waals surface area contributed by atoms with E-state index in [0.29, 0.717) is 17.9 Å². The monoisotopic (exact) mass is 293 g/mol. The van der Waals surface area contributed by atoms with Crippen LogP contribution in [-0.2, 0) is 6.42 Å². The zero-order chi connectivity index (χ0) is 15.2. The van der Waals surface area contributed by atoms with Crippen LogP contribution in [0.1, 0.15) is 24.2 Å². The Balaban J connectivity index is 2.19. The van der Waals surface area contributed by atoms with E-state index >= 15 is 0 Å². The Morgan fingerprint density at radius 3 is 2.52 bits per heavy atom. The van der Waals surface area contributed by atoms with E-state index in [1.54, 1.807) is 18.2 Å². The van der Waals surface area contributed by atoms with Gasteiger partial charge in [0.2, 0.25) is 5.88 Å². The molecule has 0 aliphatic carbocycles. The molecular weight excluding hydrogens is 276 g/mol. The van der Waals surface area contributed by atoms with E-state index in [1.807, 2.05) is 6.92 Å². The summed E-state index contributed by atoms with van der Waals surface area (Å²) in [5.74, 6) is -1.26. The van der Waals surface area contributed by atoms with Gasteiger partial charge in [-0.2, -0.15) is 5.10 Å². The molecule has 1 N–H and O–H groups in total. The van der Waals surface area contributed by atoms with Gasteiger partial charge in [-0.25, -0.2) is 8.78 Å². The van der Waals surface area contributed by atoms with Gasteiger partial charge in [0.05, 0.1) is 18.8 Å². The van der Waals surface area contributed by atoms with Gasteiger partial charge in [0.15, 0.2) is 11.6 Å². The van der Waals surface area contributed by atoms with Gasteiger partial charge in [-0.05, 0) is 36.7 Å². The molecule has 0 aliphatic heterocycles. The topological polar surface area (TPSA) is 47.0 Å². The Kier molecular flexibility index (Phi) is 5.16. The van der Waals surface area contributed by atoms with Gasteiger partial charge in [-0.3, -0.25) is 0 Å². The van der Waals surface area contributed by atoms with Crippen LogP contribution in [-0.4, -0.2) is 23.9 Å². The van der Waals surface area contributed by atoms with Crippen molar-refractivity contribution in [1.82, 2.24) is 15.5 Å². The summed E-state index contributed by atoms with van der Waals surface area (Å²) < 4.78 is 31.2. The quantitative estimate of drug-likeness (QED) is 0.889. The number of nitrogens with one attached hydrogen (secondary N) is 1. The number of aromatic nitrogens is 2. The molecule has 1 heterocycles. The van der Waals surface area contributed by atoms with Crippen LogP contribution in [0, 0.1) is 11.6 Å². The van der Waals surface area contributed by atoms with Crippen molar-refractivity contribution in [2.45, 2.75) is 19.4 Å². The van der Waals surface area contributed by atoms with Gasteiger partial charge in [0.1, 0.15) is 0 Å². The van der Waals surface area contributed by atoms with Crippen LogP contribution in [0.2, 0.25) is 0 Å². The van der Waals surface area contributed by atoms with Gasteiger partial charge >= 0.3 is 0 Å². The van der Waals surface area contributed by atoms with Crippen LogP contribution in [0.25, 0.3) is 0 Å². The summed E-state index contributed by atoms with van der Waals surface area (Å²) in [6.07, 6.45) is 0.492. The van der Waals surface area contributed by atoms with Crippen LogP contribution in [0.3, 0.4) is 0 Å². The number of methoxy groups -OCH3 is 1. The van der Waals surface area contributed by atoms with Gasteiger partial charge < -0.3 is 10.1 Å². The normalized spacial score (nSPS) is 12.2. The Morgan fingerprint density at radius 1 is 1.14 bits per heavy atom. The molecule has 0 bridgehead atoms. The molecule has 0 radical (unpaired) electrons. The first-order valence-electron chi connectivity index (χ1n) is 6.69. The molecule has 2 rings (SSSR count). The van der Waals surface area contributed by atoms with E-state index in [1.165, 1.54) is 13.2 Å². The van der Waals surface area contributed by atoms with E-state index in [2.05, 4.69) is 15.5 Å². The van der Waals surface area contributed by atoms with Crippen molar-refractivity contribution in [3.63, 3.8) is 0 Å². The fraction of sp³-hybridized carbons (Fsp3) is 0.333. The standard InChI is InChI=1S/C15H17F2N3O/c1-3-18-14(13-6-7-15(21-2)20-19-13)9-10-4-5-11(16)12(17)8-10/h4-8,14,18H,3,9H2,1-2H3. The second kappa shape index (κ2) is 7.08. The van der Waals surface area contributed by atoms with E-state index < -0.39 is 11.6 Å². The third kappa shape index (κ3) is 3.95. The van der Waals surface area contributed by atoms with E-state index in [9.17, 15) is 8.78 Å². The predicted molar refractivity (Wildman–Crippen MR) is 75.1 cm³/mol. The van der Waals surface area contributed by atoms with Gasteiger partial charge in [-0.1, -0.05) is 13.0 Å². The first-order valence-corrected chi connectivity index (χ1v) is 6.69. The summed E-state index contributed by atoms with van der Waals surface area (Å²) >= 11 is 0. The first-order chi connectivity index (χ1) is 10.1. The maximum atomic E-state index is 13.3. The molecule has 0 saturated heterocycles. The highest BCUT2D eigenvalue weighted by molar-refractivity contribution is 5.22. The van der Waals surface area contributed by atoms with Gasteiger partial charge in [0.25, 0.3) is 0 Å². The summed E-state index contributed by atoms with van der Waals surface area (Å²) in [4.78, 5) is 0. The highest BCUT2D eigenvalue weighted by Crippen LogP contribution is 2.19. The number of ether oxygens (including phenoxy) is 1. The molecule has 1 aromatic carbocycles. The molecule has 1 unspecified atom stereocenters. The number of benzene rings is 1. The highest BCUT2D eigenvalue weighted by Gasteiger charge is 2.14. The SMILES string of the molecule is CCNC(Cc1ccc(F)c(F)c1)c1ccc(OC)nn1. The van der Waals surface area contributed by atoms with Crippen molar-refractivity contribution in [2.24, 2.45) is 0 Å². The van der Waals surface area contributed by atoms with Crippen molar-refractivity contribution in [3.8, 4) is 5.88 Å². The smallest absolute Gasteiger partial charge is 0.233 e. The highest BCUT2D eigenvalue weighted by atomic mass is 19.2. The minimum absolute atomic E-state index is 0.127. The van der Waals surface area contributed by atoms with Crippen LogP contribution < -0.4 is 10.1 Å². The second-order valence-electron chi connectivity index (χ2n) is 4.56. The van der Waals surface area contributed by atoms with Crippen LogP contribution >= 0.6 is 0 Å². The zero-order valence-electron chi connectivity index (χ0n) is 11.9. The Morgan fingerprint density at radius 2 is 1.95 bits per heavy atom. The van der Waals surface area contributed by atoms with E-state index in [-0.39, 0.29) is 6.04 Å². The average Bonchev–Trinajstić information content (AvgIpc) is 2.50. The number of likely N-dealkylation sites (N-methyl/N-ethyl adjacent to an activating group) is 1. The van der Waals surface area contributed by atoms with Crippen molar-refractivity contribution < 1.29 is 13.5 Å². The lowest BCUT2D eigenvalue weighted by molar-refractivity contribution is 0.389. The van der Waals surface area contributed by atoms with Crippen molar-refractivity contribution in [1.29, 1.82) is 0 Å². The molecule has 21 heavy (non-hydrogen) atoms. The first kappa shape index (κ1) is 15.3. The zero-order valence-corrected chi connectivity index (χ0v) is 11.9. The molecule has 0 fully saturated rings. The number of nitrogens with zero attached hydrogens (tertiary/aromatic N) is 2. The predicted octanol–water partition coefficient (Wildman–Crippen LogP) is 2.66. The lowest BCUT2D eigenvalue weighted by atomic mass is 10.0. The van der Waals surface area contributed by atoms with Crippen LogP contribution in [0.5, 0.6) is 5.88 Å². The molecule has 0 aliphatic rings. The van der Waals surface area contributed by atoms with Crippen molar-refractivity contribution >= 4 is 0 Å². The Bertz CT molecular complexity index is 590. The molecule has 0 amide bonds. The maximum Gasteiger partial charge on any atom is 0.233 e. The van der Waals surface area contributed by atoms with E-state index in [4.69, 9.17) is 4.74 Å². The van der Waals surface area contributed by atoms with Crippen LogP contribution in [0.4, 0.5) is 8.78 Å². The third-order valence-corrected chi connectivity index (χ3v) is 3.10. The molecular formula is C15H17F2N3O. The van der Waals surface area contributed by atoms with Crippen molar-refractivity contribution in [2.75, 3.05) is 13.7 Å². The summed E-state index contributed by atoms with van der Waals surface area (Å²) in [6.45, 7) is 2.69. The number of rotatable bonds is 6. The lowest BCUT2D eigenvalue weighted by Crippen LogP contribution is -2.24. The summed E-state index contributed by atoms with van der Waals surface area (Å²) in [5, 5.41) is 11.3. The fourth-order valence-electron chi connectivity index (χ4n) is 2.06. The molecule has 4 nitrogen and oxygen atoms in total. The molecule has 0 saturated carbocycles. The maximum absolute atomic E-state index is 13.3. The largest absolute Gasteiger partial charge is 0.480 e. The fourth-order valence-corrected chi connectivity index (χ4v) is 2.06. The Hall–Kier alpha value is -2.08. The lowest BCUT2D eigenvalue weighted by Gasteiger charge is -2.17.